The average Bonchev–Trinajstić information content (AvgIpc) is 2.76. The van der Waals surface area contributed by atoms with Crippen LogP contribution >= 0.6 is 0 Å². The van der Waals surface area contributed by atoms with Crippen molar-refractivity contribution in [1.29, 1.82) is 0 Å². The van der Waals surface area contributed by atoms with Crippen LogP contribution in [-0.2, 0) is 14.3 Å². The summed E-state index contributed by atoms with van der Waals surface area (Å²) in [7, 11) is 0. The number of piperidine rings is 1. The number of carbonyl (C=O) groups excluding carboxylic acids is 3. The van der Waals surface area contributed by atoms with Gasteiger partial charge in [-0.15, -0.1) is 0 Å². The van der Waals surface area contributed by atoms with Crippen molar-refractivity contribution in [2.24, 2.45) is 5.73 Å². The topological polar surface area (TPSA) is 145 Å². The predicted octanol–water partition coefficient (Wildman–Crippen LogP) is 2.53. The molecule has 1 aromatic carbocycles. The third-order valence-corrected chi connectivity index (χ3v) is 5.76. The van der Waals surface area contributed by atoms with E-state index in [2.05, 4.69) is 15.6 Å². The molecule has 0 radical (unpaired) electrons. The van der Waals surface area contributed by atoms with Gasteiger partial charge in [-0.1, -0.05) is 31.7 Å². The van der Waals surface area contributed by atoms with Crippen LogP contribution < -0.4 is 21.9 Å². The van der Waals surface area contributed by atoms with Gasteiger partial charge in [0.1, 0.15) is 11.9 Å². The van der Waals surface area contributed by atoms with Crippen molar-refractivity contribution in [3.8, 4) is 0 Å². The van der Waals surface area contributed by atoms with E-state index in [1.807, 2.05) is 12.1 Å². The number of hydrogen-bond donors (Lipinski definition) is 3. The Morgan fingerprint density at radius 1 is 1.18 bits per heavy atom. The third-order valence-electron chi connectivity index (χ3n) is 5.76. The molecule has 178 valence electrons. The lowest BCUT2D eigenvalue weighted by molar-refractivity contribution is -0.135. The van der Waals surface area contributed by atoms with Crippen LogP contribution in [0.15, 0.2) is 23.0 Å². The number of hydrogen-bond acceptors (Lipinski definition) is 7. The van der Waals surface area contributed by atoms with Gasteiger partial charge in [-0.05, 0) is 38.3 Å². The van der Waals surface area contributed by atoms with Crippen molar-refractivity contribution in [3.05, 3.63) is 34.4 Å². The zero-order valence-electron chi connectivity index (χ0n) is 18.9. The fourth-order valence-electron chi connectivity index (χ4n) is 4.13. The number of rotatable bonds is 11. The minimum Gasteiger partial charge on any atom is -0.450 e. The number of aromatic nitrogens is 2. The molecule has 2 heterocycles. The van der Waals surface area contributed by atoms with Crippen molar-refractivity contribution in [2.75, 3.05) is 18.5 Å². The summed E-state index contributed by atoms with van der Waals surface area (Å²) in [4.78, 5) is 52.3. The van der Waals surface area contributed by atoms with Gasteiger partial charge in [0.05, 0.1) is 17.5 Å². The molecule has 0 bridgehead atoms. The Labute approximate surface area is 191 Å². The average molecular weight is 458 g/mol. The fourth-order valence-corrected chi connectivity index (χ4v) is 4.13. The molecule has 0 saturated carbocycles. The van der Waals surface area contributed by atoms with E-state index in [-0.39, 0.29) is 24.3 Å². The lowest BCUT2D eigenvalue weighted by Gasteiger charge is -2.24. The van der Waals surface area contributed by atoms with E-state index in [4.69, 9.17) is 10.5 Å². The van der Waals surface area contributed by atoms with E-state index >= 15 is 0 Å². The van der Waals surface area contributed by atoms with E-state index in [0.29, 0.717) is 35.6 Å². The molecular formula is C23H31N5O5. The minimum absolute atomic E-state index is 0.193. The second-order valence-corrected chi connectivity index (χ2v) is 8.22. The van der Waals surface area contributed by atoms with Gasteiger partial charge in [-0.25, -0.2) is 9.78 Å². The highest BCUT2D eigenvalue weighted by Gasteiger charge is 2.30. The van der Waals surface area contributed by atoms with Gasteiger partial charge in [0.2, 0.25) is 11.8 Å². The van der Waals surface area contributed by atoms with Crippen molar-refractivity contribution in [2.45, 2.75) is 64.3 Å². The highest BCUT2D eigenvalue weighted by atomic mass is 16.5. The Morgan fingerprint density at radius 2 is 1.91 bits per heavy atom. The molecular weight excluding hydrogens is 426 g/mol. The Kier molecular flexibility index (Phi) is 8.39. The lowest BCUT2D eigenvalue weighted by atomic mass is 10.1. The molecule has 3 amide bonds. The van der Waals surface area contributed by atoms with Gasteiger partial charge < -0.3 is 15.8 Å². The first-order chi connectivity index (χ1) is 15.9. The summed E-state index contributed by atoms with van der Waals surface area (Å²) < 4.78 is 6.11. The zero-order valence-corrected chi connectivity index (χ0v) is 18.9. The molecule has 1 fully saturated rings. The molecule has 33 heavy (non-hydrogen) atoms. The van der Waals surface area contributed by atoms with Crippen LogP contribution in [0.4, 0.5) is 10.5 Å². The summed E-state index contributed by atoms with van der Waals surface area (Å²) in [5.74, 6) is -0.346. The zero-order chi connectivity index (χ0) is 23.8. The summed E-state index contributed by atoms with van der Waals surface area (Å²) in [6.45, 7) is 2.77. The highest BCUT2D eigenvalue weighted by molar-refractivity contribution is 5.99. The number of carbonyl (C=O) groups is 3. The number of ether oxygens (including phenoxy) is 1. The molecule has 1 aliphatic heterocycles. The van der Waals surface area contributed by atoms with Gasteiger partial charge in [-0.2, -0.15) is 0 Å². The molecule has 3 rings (SSSR count). The summed E-state index contributed by atoms with van der Waals surface area (Å²) in [5.41, 5.74) is 5.90. The van der Waals surface area contributed by atoms with Gasteiger partial charge >= 0.3 is 6.09 Å². The third kappa shape index (κ3) is 6.30. The number of nitrogens with two attached hydrogens (primary N) is 1. The van der Waals surface area contributed by atoms with E-state index < -0.39 is 18.0 Å². The molecule has 0 aliphatic carbocycles. The van der Waals surface area contributed by atoms with Crippen LogP contribution in [0.2, 0.25) is 0 Å². The second kappa shape index (κ2) is 11.4. The first kappa shape index (κ1) is 24.2. The Hall–Kier alpha value is -3.43. The predicted molar refractivity (Wildman–Crippen MR) is 124 cm³/mol. The monoisotopic (exact) mass is 457 g/mol. The quantitative estimate of drug-likeness (QED) is 0.347. The van der Waals surface area contributed by atoms with Crippen LogP contribution in [0.1, 0.15) is 63.2 Å². The molecule has 2 aromatic rings. The van der Waals surface area contributed by atoms with Gasteiger partial charge in [0.25, 0.3) is 5.56 Å². The molecule has 1 atom stereocenters. The van der Waals surface area contributed by atoms with Crippen LogP contribution in [-0.4, -0.2) is 40.6 Å². The summed E-state index contributed by atoms with van der Waals surface area (Å²) in [6, 6.07) is 4.73. The SMILES string of the molecule is Cc1nc2cccc(NCCCCCCCCOC(N)=O)c2c(=O)n1C1CCC(=O)NC1=O. The van der Waals surface area contributed by atoms with Crippen molar-refractivity contribution >= 4 is 34.5 Å². The van der Waals surface area contributed by atoms with Crippen LogP contribution in [0.5, 0.6) is 0 Å². The molecule has 10 nitrogen and oxygen atoms in total. The maximum atomic E-state index is 13.4. The molecule has 1 aromatic heterocycles. The van der Waals surface area contributed by atoms with Gasteiger partial charge in [0.15, 0.2) is 0 Å². The molecule has 4 N–H and O–H groups in total. The molecule has 1 aliphatic rings. The van der Waals surface area contributed by atoms with Crippen LogP contribution in [0.25, 0.3) is 10.9 Å². The van der Waals surface area contributed by atoms with E-state index in [0.717, 1.165) is 38.5 Å². The number of nitrogens with one attached hydrogen (secondary N) is 2. The van der Waals surface area contributed by atoms with E-state index in [1.165, 1.54) is 4.57 Å². The highest BCUT2D eigenvalue weighted by Crippen LogP contribution is 2.23. The normalized spacial score (nSPS) is 16.0. The fraction of sp³-hybridized carbons (Fsp3) is 0.522. The number of amides is 3. The first-order valence-corrected chi connectivity index (χ1v) is 11.4. The van der Waals surface area contributed by atoms with Crippen LogP contribution in [0.3, 0.4) is 0 Å². The number of anilines is 1. The number of fused-ring (bicyclic) bond motifs is 1. The summed E-state index contributed by atoms with van der Waals surface area (Å²) >= 11 is 0. The Morgan fingerprint density at radius 3 is 2.64 bits per heavy atom. The van der Waals surface area contributed by atoms with Crippen molar-refractivity contribution in [1.82, 2.24) is 14.9 Å². The second-order valence-electron chi connectivity index (χ2n) is 8.22. The maximum absolute atomic E-state index is 13.4. The number of aryl methyl sites for hydroxylation is 1. The smallest absolute Gasteiger partial charge is 0.404 e. The van der Waals surface area contributed by atoms with Gasteiger partial charge in [-0.3, -0.25) is 24.3 Å². The largest absolute Gasteiger partial charge is 0.450 e. The van der Waals surface area contributed by atoms with Crippen molar-refractivity contribution < 1.29 is 19.1 Å². The molecule has 0 spiro atoms. The Balaban J connectivity index is 1.60. The van der Waals surface area contributed by atoms with E-state index in [9.17, 15) is 19.2 Å². The number of imide groups is 1. The standard InChI is InChI=1S/C23H31N5O5/c1-15-26-17-10-8-9-16(25-13-6-4-2-3-5-7-14-33-23(24)32)20(17)22(31)28(15)18-11-12-19(29)27-21(18)30/h8-10,18,25H,2-7,11-14H2,1H3,(H2,24,32)(H,27,29,30). The lowest BCUT2D eigenvalue weighted by Crippen LogP contribution is -2.45. The van der Waals surface area contributed by atoms with Gasteiger partial charge in [0, 0.05) is 18.7 Å². The number of unbranched alkanes of at least 4 members (excludes halogenated alkanes) is 5. The number of benzene rings is 1. The molecule has 10 heteroatoms. The maximum Gasteiger partial charge on any atom is 0.404 e. The Bertz CT molecular complexity index is 1080. The molecule has 1 saturated heterocycles. The van der Waals surface area contributed by atoms with E-state index in [1.54, 1.807) is 13.0 Å². The van der Waals surface area contributed by atoms with Crippen molar-refractivity contribution in [3.63, 3.8) is 0 Å². The minimum atomic E-state index is -0.742. The first-order valence-electron chi connectivity index (χ1n) is 11.4. The number of nitrogens with zero attached hydrogens (tertiary/aromatic N) is 2. The molecule has 1 unspecified atom stereocenters. The summed E-state index contributed by atoms with van der Waals surface area (Å²) in [6.07, 6.45) is 5.62. The van der Waals surface area contributed by atoms with Crippen LogP contribution in [0, 0.1) is 6.92 Å². The summed E-state index contributed by atoms with van der Waals surface area (Å²) in [5, 5.41) is 6.10. The number of primary amides is 1.